The van der Waals surface area contributed by atoms with Gasteiger partial charge in [0.15, 0.2) is 0 Å². The summed E-state index contributed by atoms with van der Waals surface area (Å²) in [5.41, 5.74) is 0.342. The van der Waals surface area contributed by atoms with E-state index in [1.54, 1.807) is 6.07 Å². The maximum absolute atomic E-state index is 12.7. The van der Waals surface area contributed by atoms with Crippen molar-refractivity contribution in [2.45, 2.75) is 37.6 Å². The summed E-state index contributed by atoms with van der Waals surface area (Å²) in [6.07, 6.45) is 2.01. The third-order valence-corrected chi connectivity index (χ3v) is 4.91. The number of hydrogen-bond acceptors (Lipinski definition) is 3. The lowest BCUT2D eigenvalue weighted by atomic mass is 10.1. The van der Waals surface area contributed by atoms with Gasteiger partial charge in [-0.2, -0.15) is 0 Å². The zero-order valence-corrected chi connectivity index (χ0v) is 14.4. The Morgan fingerprint density at radius 1 is 1.43 bits per heavy atom. The van der Waals surface area contributed by atoms with E-state index in [2.05, 4.69) is 29.8 Å². The third kappa shape index (κ3) is 4.05. The molecule has 2 rings (SSSR count). The Balaban J connectivity index is 2.37. The standard InChI is InChI=1S/C14H19BrN2O3S/c1-9(2)8-17(10-3-4-10)14(18)12-7-11(21(16,19)20)5-6-13(12)15/h5-7,9-10H,3-4,8H2,1-2H3,(H2,16,19,20). The first-order valence-corrected chi connectivity index (χ1v) is 9.17. The highest BCUT2D eigenvalue weighted by atomic mass is 79.9. The van der Waals surface area contributed by atoms with Gasteiger partial charge in [-0.25, -0.2) is 13.6 Å². The predicted molar refractivity (Wildman–Crippen MR) is 84.4 cm³/mol. The molecule has 0 saturated heterocycles. The van der Waals surface area contributed by atoms with E-state index in [0.717, 1.165) is 12.8 Å². The minimum absolute atomic E-state index is 0.0469. The number of nitrogens with two attached hydrogens (primary N) is 1. The molecule has 7 heteroatoms. The summed E-state index contributed by atoms with van der Waals surface area (Å²) in [4.78, 5) is 14.5. The summed E-state index contributed by atoms with van der Waals surface area (Å²) in [7, 11) is -3.82. The van der Waals surface area contributed by atoms with Gasteiger partial charge in [-0.3, -0.25) is 4.79 Å². The average Bonchev–Trinajstić information content (AvgIpc) is 3.18. The molecule has 2 N–H and O–H groups in total. The number of hydrogen-bond donors (Lipinski definition) is 1. The van der Waals surface area contributed by atoms with Crippen LogP contribution in [-0.2, 0) is 10.0 Å². The van der Waals surface area contributed by atoms with Gasteiger partial charge >= 0.3 is 0 Å². The smallest absolute Gasteiger partial charge is 0.255 e. The number of rotatable bonds is 5. The molecular weight excluding hydrogens is 356 g/mol. The minimum Gasteiger partial charge on any atom is -0.335 e. The Kier molecular flexibility index (Phi) is 4.75. The van der Waals surface area contributed by atoms with Gasteiger partial charge in [-0.15, -0.1) is 0 Å². The van der Waals surface area contributed by atoms with Crippen LogP contribution in [0.25, 0.3) is 0 Å². The van der Waals surface area contributed by atoms with E-state index in [1.165, 1.54) is 12.1 Å². The van der Waals surface area contributed by atoms with Crippen LogP contribution < -0.4 is 5.14 Å². The van der Waals surface area contributed by atoms with Crippen LogP contribution in [0.3, 0.4) is 0 Å². The zero-order valence-electron chi connectivity index (χ0n) is 12.0. The second-order valence-corrected chi connectivity index (χ2v) is 8.18. The maximum atomic E-state index is 12.7. The van der Waals surface area contributed by atoms with Gasteiger partial charge in [0.2, 0.25) is 10.0 Å². The van der Waals surface area contributed by atoms with E-state index in [1.807, 2.05) is 4.90 Å². The number of sulfonamides is 1. The van der Waals surface area contributed by atoms with Crippen LogP contribution in [0.4, 0.5) is 0 Å². The van der Waals surface area contributed by atoms with E-state index in [0.29, 0.717) is 22.5 Å². The molecule has 0 heterocycles. The number of carbonyl (C=O) groups is 1. The molecule has 0 bridgehead atoms. The molecule has 1 fully saturated rings. The Morgan fingerprint density at radius 3 is 2.52 bits per heavy atom. The molecule has 0 aromatic heterocycles. The van der Waals surface area contributed by atoms with Gasteiger partial charge in [-0.05, 0) is 52.9 Å². The van der Waals surface area contributed by atoms with Gasteiger partial charge < -0.3 is 4.90 Å². The number of carbonyl (C=O) groups excluding carboxylic acids is 1. The molecule has 1 aliphatic rings. The fourth-order valence-corrected chi connectivity index (χ4v) is 3.13. The normalized spacial score (nSPS) is 15.3. The van der Waals surface area contributed by atoms with Crippen LogP contribution in [0.1, 0.15) is 37.0 Å². The van der Waals surface area contributed by atoms with Crippen molar-refractivity contribution in [2.24, 2.45) is 11.1 Å². The van der Waals surface area contributed by atoms with Gasteiger partial charge in [-0.1, -0.05) is 13.8 Å². The first-order chi connectivity index (χ1) is 9.70. The van der Waals surface area contributed by atoms with Crippen LogP contribution in [0.15, 0.2) is 27.6 Å². The Labute approximate surface area is 133 Å². The SMILES string of the molecule is CC(C)CN(C(=O)c1cc(S(N)(=O)=O)ccc1Br)C1CC1. The molecule has 0 spiro atoms. The number of halogens is 1. The highest BCUT2D eigenvalue weighted by Gasteiger charge is 2.34. The van der Waals surface area contributed by atoms with Crippen LogP contribution in [-0.4, -0.2) is 31.8 Å². The van der Waals surface area contributed by atoms with Crippen LogP contribution in [0.2, 0.25) is 0 Å². The van der Waals surface area contributed by atoms with Crippen molar-refractivity contribution in [2.75, 3.05) is 6.54 Å². The fraction of sp³-hybridized carbons (Fsp3) is 0.500. The minimum atomic E-state index is -3.82. The lowest BCUT2D eigenvalue weighted by Crippen LogP contribution is -2.36. The molecular formula is C14H19BrN2O3S. The number of primary sulfonamides is 1. The van der Waals surface area contributed by atoms with Crippen LogP contribution in [0.5, 0.6) is 0 Å². The summed E-state index contributed by atoms with van der Waals surface area (Å²) in [5.74, 6) is 0.207. The average molecular weight is 375 g/mol. The zero-order chi connectivity index (χ0) is 15.8. The third-order valence-electron chi connectivity index (χ3n) is 3.31. The molecule has 1 amide bonds. The summed E-state index contributed by atoms with van der Waals surface area (Å²) in [5, 5.41) is 5.14. The van der Waals surface area contributed by atoms with Crippen LogP contribution >= 0.6 is 15.9 Å². The van der Waals surface area contributed by atoms with E-state index >= 15 is 0 Å². The highest BCUT2D eigenvalue weighted by molar-refractivity contribution is 9.10. The van der Waals surface area contributed by atoms with Crippen LogP contribution in [0, 0.1) is 5.92 Å². The molecule has 116 valence electrons. The van der Waals surface area contributed by atoms with Crippen molar-refractivity contribution in [1.29, 1.82) is 0 Å². The summed E-state index contributed by atoms with van der Waals surface area (Å²) < 4.78 is 23.5. The largest absolute Gasteiger partial charge is 0.335 e. The van der Waals surface area contributed by atoms with Gasteiger partial charge in [0.1, 0.15) is 0 Å². The Morgan fingerprint density at radius 2 is 2.05 bits per heavy atom. The molecule has 0 aliphatic heterocycles. The quantitative estimate of drug-likeness (QED) is 0.858. The maximum Gasteiger partial charge on any atom is 0.255 e. The van der Waals surface area contributed by atoms with Crippen molar-refractivity contribution < 1.29 is 13.2 Å². The number of amides is 1. The lowest BCUT2D eigenvalue weighted by Gasteiger charge is -2.25. The first kappa shape index (κ1) is 16.5. The Bertz CT molecular complexity index is 654. The second-order valence-electron chi connectivity index (χ2n) is 5.77. The monoisotopic (exact) mass is 374 g/mol. The van der Waals surface area contributed by atoms with Gasteiger partial charge in [0.25, 0.3) is 5.91 Å². The molecule has 1 aromatic rings. The van der Waals surface area contributed by atoms with Crippen molar-refractivity contribution in [1.82, 2.24) is 4.90 Å². The topological polar surface area (TPSA) is 80.5 Å². The predicted octanol–water partition coefficient (Wildman–Crippen LogP) is 2.36. The summed E-state index contributed by atoms with van der Waals surface area (Å²) in [6, 6.07) is 4.55. The summed E-state index contributed by atoms with van der Waals surface area (Å²) >= 11 is 3.32. The second kappa shape index (κ2) is 6.06. The Hall–Kier alpha value is -0.920. The number of nitrogens with zero attached hydrogens (tertiary/aromatic N) is 1. The molecule has 1 aromatic carbocycles. The molecule has 21 heavy (non-hydrogen) atoms. The van der Waals surface area contributed by atoms with E-state index in [-0.39, 0.29) is 16.8 Å². The van der Waals surface area contributed by atoms with E-state index in [4.69, 9.17) is 5.14 Å². The lowest BCUT2D eigenvalue weighted by molar-refractivity contribution is 0.0721. The van der Waals surface area contributed by atoms with Crippen molar-refractivity contribution in [3.8, 4) is 0 Å². The fourth-order valence-electron chi connectivity index (χ4n) is 2.18. The molecule has 1 aliphatic carbocycles. The molecule has 0 radical (unpaired) electrons. The highest BCUT2D eigenvalue weighted by Crippen LogP contribution is 2.31. The van der Waals surface area contributed by atoms with Gasteiger partial charge in [0.05, 0.1) is 10.5 Å². The molecule has 1 saturated carbocycles. The van der Waals surface area contributed by atoms with E-state index < -0.39 is 10.0 Å². The summed E-state index contributed by atoms with van der Waals surface area (Å²) in [6.45, 7) is 4.77. The van der Waals surface area contributed by atoms with Crippen molar-refractivity contribution >= 4 is 31.9 Å². The molecule has 5 nitrogen and oxygen atoms in total. The number of benzene rings is 1. The van der Waals surface area contributed by atoms with Crippen molar-refractivity contribution in [3.63, 3.8) is 0 Å². The van der Waals surface area contributed by atoms with Crippen molar-refractivity contribution in [3.05, 3.63) is 28.2 Å². The molecule has 0 atom stereocenters. The van der Waals surface area contributed by atoms with E-state index in [9.17, 15) is 13.2 Å². The van der Waals surface area contributed by atoms with Gasteiger partial charge in [0, 0.05) is 17.1 Å². The molecule has 0 unspecified atom stereocenters. The first-order valence-electron chi connectivity index (χ1n) is 6.83.